The first-order valence-electron chi connectivity index (χ1n) is 4.34. The molecule has 0 saturated heterocycles. The van der Waals surface area contributed by atoms with Gasteiger partial charge in [0, 0.05) is 5.75 Å². The van der Waals surface area contributed by atoms with Crippen LogP contribution in [-0.2, 0) is 6.42 Å². The third kappa shape index (κ3) is 5.54. The molecular formula is C10H13O2S2. The Morgan fingerprint density at radius 1 is 1.21 bits per heavy atom. The van der Waals surface area contributed by atoms with E-state index < -0.39 is 6.29 Å². The van der Waals surface area contributed by atoms with Crippen LogP contribution < -0.4 is 0 Å². The van der Waals surface area contributed by atoms with Gasteiger partial charge in [0.05, 0.1) is 5.75 Å². The van der Waals surface area contributed by atoms with Gasteiger partial charge in [-0.25, -0.2) is 0 Å². The fourth-order valence-electron chi connectivity index (χ4n) is 0.915. The Labute approximate surface area is 92.1 Å². The maximum absolute atomic E-state index is 8.59. The van der Waals surface area contributed by atoms with Crippen LogP contribution >= 0.6 is 21.6 Å². The fraction of sp³-hybridized carbons (Fsp3) is 0.400. The summed E-state index contributed by atoms with van der Waals surface area (Å²) in [5, 5.41) is 17.2. The van der Waals surface area contributed by atoms with Gasteiger partial charge >= 0.3 is 0 Å². The molecule has 14 heavy (non-hydrogen) atoms. The van der Waals surface area contributed by atoms with Gasteiger partial charge in [-0.3, -0.25) is 0 Å². The summed E-state index contributed by atoms with van der Waals surface area (Å²) in [5.41, 5.74) is 1.29. The second-order valence-corrected chi connectivity index (χ2v) is 5.37. The third-order valence-corrected chi connectivity index (χ3v) is 3.94. The van der Waals surface area contributed by atoms with E-state index in [9.17, 15) is 0 Å². The SMILES string of the molecule is OC(O)CSSCCc1cc[c]cc1. The van der Waals surface area contributed by atoms with Crippen molar-refractivity contribution in [1.29, 1.82) is 0 Å². The Bertz CT molecular complexity index is 239. The van der Waals surface area contributed by atoms with Crippen molar-refractivity contribution in [3.8, 4) is 0 Å². The van der Waals surface area contributed by atoms with Crippen molar-refractivity contribution in [2.75, 3.05) is 11.5 Å². The highest BCUT2D eigenvalue weighted by Gasteiger charge is 1.98. The molecule has 1 aromatic rings. The molecule has 1 aromatic carbocycles. The molecular weight excluding hydrogens is 216 g/mol. The van der Waals surface area contributed by atoms with Crippen molar-refractivity contribution in [2.24, 2.45) is 0 Å². The van der Waals surface area contributed by atoms with E-state index in [4.69, 9.17) is 10.2 Å². The fourth-order valence-corrected chi connectivity index (χ4v) is 2.83. The van der Waals surface area contributed by atoms with Crippen LogP contribution in [0.5, 0.6) is 0 Å². The number of aliphatic hydroxyl groups is 2. The lowest BCUT2D eigenvalue weighted by Crippen LogP contribution is -2.06. The van der Waals surface area contributed by atoms with E-state index in [1.54, 1.807) is 10.8 Å². The summed E-state index contributed by atoms with van der Waals surface area (Å²) < 4.78 is 0. The van der Waals surface area contributed by atoms with Crippen molar-refractivity contribution in [3.63, 3.8) is 0 Å². The molecule has 0 aliphatic rings. The molecule has 0 aromatic heterocycles. The minimum absolute atomic E-state index is 0.368. The molecule has 1 radical (unpaired) electrons. The highest BCUT2D eigenvalue weighted by Crippen LogP contribution is 2.22. The highest BCUT2D eigenvalue weighted by atomic mass is 33.1. The molecule has 77 valence electrons. The molecule has 0 atom stereocenters. The molecule has 0 bridgehead atoms. The molecule has 2 N–H and O–H groups in total. The van der Waals surface area contributed by atoms with Crippen LogP contribution in [0.3, 0.4) is 0 Å². The first-order valence-corrected chi connectivity index (χ1v) is 6.83. The van der Waals surface area contributed by atoms with Crippen molar-refractivity contribution >= 4 is 21.6 Å². The zero-order valence-electron chi connectivity index (χ0n) is 7.72. The molecule has 0 heterocycles. The maximum atomic E-state index is 8.59. The Morgan fingerprint density at radius 2 is 1.93 bits per heavy atom. The monoisotopic (exact) mass is 229 g/mol. The van der Waals surface area contributed by atoms with Gasteiger partial charge in [-0.1, -0.05) is 45.9 Å². The van der Waals surface area contributed by atoms with E-state index in [0.29, 0.717) is 5.75 Å². The lowest BCUT2D eigenvalue weighted by molar-refractivity contribution is -0.0184. The number of benzene rings is 1. The molecule has 1 rings (SSSR count). The largest absolute Gasteiger partial charge is 0.367 e. The van der Waals surface area contributed by atoms with Gasteiger partial charge in [-0.15, -0.1) is 0 Å². The van der Waals surface area contributed by atoms with E-state index in [-0.39, 0.29) is 0 Å². The predicted molar refractivity (Wildman–Crippen MR) is 62.1 cm³/mol. The smallest absolute Gasteiger partial charge is 0.161 e. The van der Waals surface area contributed by atoms with Crippen LogP contribution in [0.2, 0.25) is 0 Å². The normalized spacial score (nSPS) is 10.8. The molecule has 0 amide bonds. The Balaban J connectivity index is 2.05. The number of hydrogen-bond acceptors (Lipinski definition) is 4. The Hall–Kier alpha value is -0.160. The number of aliphatic hydroxyl groups excluding tert-OH is 1. The van der Waals surface area contributed by atoms with Gasteiger partial charge < -0.3 is 10.2 Å². The van der Waals surface area contributed by atoms with Gasteiger partial charge in [0.25, 0.3) is 0 Å². The summed E-state index contributed by atoms with van der Waals surface area (Å²) >= 11 is 0. The van der Waals surface area contributed by atoms with E-state index in [1.165, 1.54) is 16.4 Å². The van der Waals surface area contributed by atoms with Gasteiger partial charge in [0.15, 0.2) is 6.29 Å². The van der Waals surface area contributed by atoms with E-state index in [1.807, 2.05) is 24.3 Å². The van der Waals surface area contributed by atoms with E-state index >= 15 is 0 Å². The van der Waals surface area contributed by atoms with Crippen LogP contribution in [0.1, 0.15) is 5.56 Å². The molecule has 0 unspecified atom stereocenters. The maximum Gasteiger partial charge on any atom is 0.161 e. The number of rotatable bonds is 6. The van der Waals surface area contributed by atoms with E-state index in [0.717, 1.165) is 12.2 Å². The van der Waals surface area contributed by atoms with Crippen molar-refractivity contribution < 1.29 is 10.2 Å². The van der Waals surface area contributed by atoms with Gasteiger partial charge in [0.2, 0.25) is 0 Å². The summed E-state index contributed by atoms with van der Waals surface area (Å²) in [7, 11) is 3.15. The summed E-state index contributed by atoms with van der Waals surface area (Å²) in [4.78, 5) is 0. The molecule has 0 saturated carbocycles. The average molecular weight is 229 g/mol. The number of aryl methyl sites for hydroxylation is 1. The average Bonchev–Trinajstić information content (AvgIpc) is 2.18. The summed E-state index contributed by atoms with van der Waals surface area (Å²) in [6, 6.07) is 10.9. The standard InChI is InChI=1S/C10H13O2S2/c11-10(12)8-14-13-7-6-9-4-2-1-3-5-9/h2-5,10-12H,6-8H2. The third-order valence-electron chi connectivity index (χ3n) is 1.56. The minimum Gasteiger partial charge on any atom is -0.367 e. The number of hydrogen-bond donors (Lipinski definition) is 2. The molecule has 0 fully saturated rings. The summed E-state index contributed by atoms with van der Waals surface area (Å²) in [6.45, 7) is 0. The van der Waals surface area contributed by atoms with Crippen LogP contribution in [0, 0.1) is 6.07 Å². The van der Waals surface area contributed by atoms with Gasteiger partial charge in [-0.2, -0.15) is 0 Å². The second kappa shape index (κ2) is 7.17. The van der Waals surface area contributed by atoms with Crippen LogP contribution in [0.15, 0.2) is 24.3 Å². The van der Waals surface area contributed by atoms with Crippen molar-refractivity contribution in [3.05, 3.63) is 35.9 Å². The summed E-state index contributed by atoms with van der Waals surface area (Å²) in [6.07, 6.45) is -0.188. The van der Waals surface area contributed by atoms with Crippen molar-refractivity contribution in [1.82, 2.24) is 0 Å². The molecule has 0 aliphatic heterocycles. The van der Waals surface area contributed by atoms with Gasteiger partial charge in [0.1, 0.15) is 0 Å². The zero-order valence-corrected chi connectivity index (χ0v) is 9.35. The van der Waals surface area contributed by atoms with Crippen LogP contribution in [-0.4, -0.2) is 28.0 Å². The lowest BCUT2D eigenvalue weighted by atomic mass is 10.2. The predicted octanol–water partition coefficient (Wildman–Crippen LogP) is 1.72. The quantitative estimate of drug-likeness (QED) is 0.443. The Kier molecular flexibility index (Phi) is 6.10. The van der Waals surface area contributed by atoms with Crippen LogP contribution in [0.4, 0.5) is 0 Å². The molecule has 0 aliphatic carbocycles. The van der Waals surface area contributed by atoms with E-state index in [2.05, 4.69) is 6.07 Å². The van der Waals surface area contributed by atoms with Gasteiger partial charge in [-0.05, 0) is 18.1 Å². The first-order chi connectivity index (χ1) is 6.79. The molecule has 4 heteroatoms. The summed E-state index contributed by atoms with van der Waals surface area (Å²) in [5.74, 6) is 1.36. The van der Waals surface area contributed by atoms with Crippen molar-refractivity contribution in [2.45, 2.75) is 12.7 Å². The minimum atomic E-state index is -1.20. The zero-order chi connectivity index (χ0) is 10.2. The topological polar surface area (TPSA) is 40.5 Å². The lowest BCUT2D eigenvalue weighted by Gasteiger charge is -2.02. The highest BCUT2D eigenvalue weighted by molar-refractivity contribution is 8.76. The first kappa shape index (κ1) is 11.9. The van der Waals surface area contributed by atoms with Crippen LogP contribution in [0.25, 0.3) is 0 Å². The second-order valence-electron chi connectivity index (χ2n) is 2.75. The molecule has 2 nitrogen and oxygen atoms in total. The Morgan fingerprint density at radius 3 is 2.57 bits per heavy atom. The molecule has 0 spiro atoms.